The summed E-state index contributed by atoms with van der Waals surface area (Å²) in [4.78, 5) is 0. The van der Waals surface area contributed by atoms with Crippen molar-refractivity contribution in [3.05, 3.63) is 65.7 Å². The highest BCUT2D eigenvalue weighted by Gasteiger charge is 2.41. The van der Waals surface area contributed by atoms with Gasteiger partial charge in [0.25, 0.3) is 0 Å². The fraction of sp³-hybridized carbons (Fsp3) is 0.292. The largest absolute Gasteiger partial charge is 0.490 e. The van der Waals surface area contributed by atoms with Crippen LogP contribution in [0.4, 0.5) is 0 Å². The SMILES string of the molecule is N#CC1C(=N)Oc2n[nH]c(-c3ccccc3)c2C1c1cccc(OC2CCCC2)c1. The van der Waals surface area contributed by atoms with Gasteiger partial charge in [-0.15, -0.1) is 5.10 Å². The molecule has 6 heteroatoms. The van der Waals surface area contributed by atoms with E-state index < -0.39 is 5.92 Å². The van der Waals surface area contributed by atoms with Gasteiger partial charge in [0, 0.05) is 5.92 Å². The first-order valence-electron chi connectivity index (χ1n) is 10.3. The first-order valence-corrected chi connectivity index (χ1v) is 10.3. The molecule has 6 nitrogen and oxygen atoms in total. The second kappa shape index (κ2) is 7.68. The van der Waals surface area contributed by atoms with Crippen molar-refractivity contribution in [2.45, 2.75) is 37.7 Å². The van der Waals surface area contributed by atoms with Crippen LogP contribution >= 0.6 is 0 Å². The van der Waals surface area contributed by atoms with Gasteiger partial charge in [0.05, 0.1) is 23.4 Å². The number of nitrogens with zero attached hydrogens (tertiary/aromatic N) is 2. The molecule has 2 atom stereocenters. The van der Waals surface area contributed by atoms with Crippen LogP contribution in [0, 0.1) is 22.7 Å². The molecule has 0 bridgehead atoms. The van der Waals surface area contributed by atoms with Crippen molar-refractivity contribution < 1.29 is 9.47 Å². The quantitative estimate of drug-likeness (QED) is 0.644. The maximum atomic E-state index is 9.88. The summed E-state index contributed by atoms with van der Waals surface area (Å²) in [6, 6.07) is 20.0. The van der Waals surface area contributed by atoms with Crippen molar-refractivity contribution >= 4 is 5.90 Å². The third kappa shape index (κ3) is 3.22. The van der Waals surface area contributed by atoms with E-state index in [1.165, 1.54) is 12.8 Å². The zero-order valence-corrected chi connectivity index (χ0v) is 16.5. The Labute approximate surface area is 175 Å². The molecule has 1 aromatic heterocycles. The van der Waals surface area contributed by atoms with Gasteiger partial charge in [-0.1, -0.05) is 42.5 Å². The number of nitrogens with one attached hydrogen (secondary N) is 2. The van der Waals surface area contributed by atoms with Crippen molar-refractivity contribution in [3.8, 4) is 29.0 Å². The number of aromatic nitrogens is 2. The molecule has 30 heavy (non-hydrogen) atoms. The van der Waals surface area contributed by atoms with Crippen LogP contribution < -0.4 is 9.47 Å². The molecule has 2 aliphatic rings. The molecule has 1 aliphatic heterocycles. The van der Waals surface area contributed by atoms with Crippen molar-refractivity contribution in [1.82, 2.24) is 10.2 Å². The molecule has 5 rings (SSSR count). The molecule has 1 fully saturated rings. The molecule has 0 amide bonds. The highest BCUT2D eigenvalue weighted by atomic mass is 16.5. The highest BCUT2D eigenvalue weighted by molar-refractivity contribution is 5.86. The molecule has 150 valence electrons. The number of benzene rings is 2. The minimum absolute atomic E-state index is 0.0803. The molecule has 2 aromatic carbocycles. The summed E-state index contributed by atoms with van der Waals surface area (Å²) < 4.78 is 11.8. The Morgan fingerprint density at radius 2 is 1.90 bits per heavy atom. The molecule has 3 aromatic rings. The van der Waals surface area contributed by atoms with Gasteiger partial charge in [-0.25, -0.2) is 0 Å². The molecule has 2 unspecified atom stereocenters. The van der Waals surface area contributed by atoms with Crippen LogP contribution in [0.1, 0.15) is 42.7 Å². The molecule has 1 saturated carbocycles. The molecule has 0 spiro atoms. The van der Waals surface area contributed by atoms with E-state index in [2.05, 4.69) is 16.3 Å². The van der Waals surface area contributed by atoms with Gasteiger partial charge >= 0.3 is 0 Å². The van der Waals surface area contributed by atoms with Crippen LogP contribution in [0.5, 0.6) is 11.6 Å². The zero-order valence-electron chi connectivity index (χ0n) is 16.5. The van der Waals surface area contributed by atoms with Gasteiger partial charge in [-0.2, -0.15) is 5.26 Å². The Morgan fingerprint density at radius 1 is 1.10 bits per heavy atom. The zero-order chi connectivity index (χ0) is 20.5. The first-order chi connectivity index (χ1) is 14.7. The van der Waals surface area contributed by atoms with Gasteiger partial charge in [-0.05, 0) is 48.9 Å². The Kier molecular flexibility index (Phi) is 4.72. The average Bonchev–Trinajstić information content (AvgIpc) is 3.43. The lowest BCUT2D eigenvalue weighted by molar-refractivity contribution is 0.209. The summed E-state index contributed by atoms with van der Waals surface area (Å²) in [5.41, 5.74) is 3.50. The first kappa shape index (κ1) is 18.4. The van der Waals surface area contributed by atoms with E-state index in [0.29, 0.717) is 5.88 Å². The molecule has 0 radical (unpaired) electrons. The number of hydrogen-bond acceptors (Lipinski definition) is 5. The van der Waals surface area contributed by atoms with Gasteiger partial charge < -0.3 is 9.47 Å². The monoisotopic (exact) mass is 398 g/mol. The minimum atomic E-state index is -0.737. The normalized spacial score (nSPS) is 21.0. The van der Waals surface area contributed by atoms with Crippen LogP contribution in [-0.4, -0.2) is 22.2 Å². The van der Waals surface area contributed by atoms with Crippen molar-refractivity contribution in [2.75, 3.05) is 0 Å². The summed E-state index contributed by atoms with van der Waals surface area (Å²) in [6.45, 7) is 0. The van der Waals surface area contributed by atoms with Crippen molar-refractivity contribution in [1.29, 1.82) is 10.7 Å². The van der Waals surface area contributed by atoms with Gasteiger partial charge in [0.1, 0.15) is 11.7 Å². The Bertz CT molecular complexity index is 1110. The maximum absolute atomic E-state index is 9.88. The molecule has 2 heterocycles. The van der Waals surface area contributed by atoms with E-state index in [4.69, 9.17) is 14.9 Å². The fourth-order valence-corrected chi connectivity index (χ4v) is 4.48. The van der Waals surface area contributed by atoms with E-state index in [-0.39, 0.29) is 17.9 Å². The number of hydrogen-bond donors (Lipinski definition) is 2. The van der Waals surface area contributed by atoms with Crippen molar-refractivity contribution in [2.24, 2.45) is 5.92 Å². The lowest BCUT2D eigenvalue weighted by Crippen LogP contribution is -2.30. The second-order valence-electron chi connectivity index (χ2n) is 7.83. The molecule has 0 saturated heterocycles. The Balaban J connectivity index is 1.60. The predicted octanol–water partition coefficient (Wildman–Crippen LogP) is 5.04. The molecular weight excluding hydrogens is 376 g/mol. The number of H-pyrrole nitrogens is 1. The van der Waals surface area contributed by atoms with E-state index in [0.717, 1.165) is 41.0 Å². The van der Waals surface area contributed by atoms with E-state index in [9.17, 15) is 5.26 Å². The Morgan fingerprint density at radius 3 is 2.67 bits per heavy atom. The van der Waals surface area contributed by atoms with Crippen LogP contribution in [0.15, 0.2) is 54.6 Å². The number of fused-ring (bicyclic) bond motifs is 1. The van der Waals surface area contributed by atoms with Crippen LogP contribution in [0.2, 0.25) is 0 Å². The summed E-state index contributed by atoms with van der Waals surface area (Å²) >= 11 is 0. The van der Waals surface area contributed by atoms with E-state index in [1.807, 2.05) is 54.6 Å². The van der Waals surface area contributed by atoms with Crippen molar-refractivity contribution in [3.63, 3.8) is 0 Å². The molecule has 1 aliphatic carbocycles. The predicted molar refractivity (Wildman–Crippen MR) is 113 cm³/mol. The third-order valence-corrected chi connectivity index (χ3v) is 5.93. The summed E-state index contributed by atoms with van der Waals surface area (Å²) in [6.07, 6.45) is 4.83. The lowest BCUT2D eigenvalue weighted by atomic mass is 9.79. The van der Waals surface area contributed by atoms with E-state index >= 15 is 0 Å². The summed E-state index contributed by atoms with van der Waals surface area (Å²) in [7, 11) is 0. The topological polar surface area (TPSA) is 94.8 Å². The lowest BCUT2D eigenvalue weighted by Gasteiger charge is -2.28. The number of rotatable bonds is 4. The standard InChI is InChI=1S/C24H22N4O2/c25-14-19-20(16-9-6-12-18(13-16)29-17-10-4-5-11-17)21-22(15-7-2-1-3-8-15)27-28-24(21)30-23(19)26/h1-3,6-9,12-13,17,19-20,26H,4-5,10-11H2,(H,27,28). The average molecular weight is 398 g/mol. The summed E-state index contributed by atoms with van der Waals surface area (Å²) in [5.74, 6) is -0.0206. The van der Waals surface area contributed by atoms with Crippen LogP contribution in [0.25, 0.3) is 11.3 Å². The number of aromatic amines is 1. The second-order valence-corrected chi connectivity index (χ2v) is 7.83. The highest BCUT2D eigenvalue weighted by Crippen LogP contribution is 2.46. The number of ether oxygens (including phenoxy) is 2. The molecule has 2 N–H and O–H groups in total. The fourth-order valence-electron chi connectivity index (χ4n) is 4.48. The molecular formula is C24H22N4O2. The Hall–Kier alpha value is -3.59. The van der Waals surface area contributed by atoms with Gasteiger partial charge in [0.15, 0.2) is 0 Å². The van der Waals surface area contributed by atoms with Crippen LogP contribution in [-0.2, 0) is 0 Å². The maximum Gasteiger partial charge on any atom is 0.244 e. The van der Waals surface area contributed by atoms with Gasteiger partial charge in [0.2, 0.25) is 11.8 Å². The third-order valence-electron chi connectivity index (χ3n) is 5.93. The summed E-state index contributed by atoms with van der Waals surface area (Å²) in [5, 5.41) is 25.5. The van der Waals surface area contributed by atoms with Crippen LogP contribution in [0.3, 0.4) is 0 Å². The minimum Gasteiger partial charge on any atom is -0.490 e. The smallest absolute Gasteiger partial charge is 0.244 e. The number of nitriles is 1. The van der Waals surface area contributed by atoms with Gasteiger partial charge in [-0.3, -0.25) is 10.5 Å². The van der Waals surface area contributed by atoms with E-state index in [1.54, 1.807) is 0 Å².